The molecule has 17 heavy (non-hydrogen) atoms. The molecule has 0 radical (unpaired) electrons. The molecule has 0 aliphatic carbocycles. The molecular formula is C14H21NO2. The minimum absolute atomic E-state index is 0.135. The van der Waals surface area contributed by atoms with E-state index in [0.717, 1.165) is 19.5 Å². The van der Waals surface area contributed by atoms with Crippen molar-refractivity contribution in [3.8, 4) is 0 Å². The van der Waals surface area contributed by atoms with Crippen LogP contribution in [0.1, 0.15) is 19.4 Å². The maximum atomic E-state index is 11.5. The molecule has 0 bridgehead atoms. The van der Waals surface area contributed by atoms with E-state index in [0.29, 0.717) is 13.2 Å². The standard InChI is InChI=1S/C14H21NO2/c1-3-15(4-2)12-14(16)17-11-10-13-8-6-5-7-9-13/h5-9H,3-4,10-12H2,1-2H3. The van der Waals surface area contributed by atoms with Gasteiger partial charge in [-0.2, -0.15) is 0 Å². The normalized spacial score (nSPS) is 10.5. The topological polar surface area (TPSA) is 29.5 Å². The van der Waals surface area contributed by atoms with Gasteiger partial charge < -0.3 is 4.74 Å². The van der Waals surface area contributed by atoms with Gasteiger partial charge in [0.05, 0.1) is 13.2 Å². The van der Waals surface area contributed by atoms with Crippen LogP contribution in [0.3, 0.4) is 0 Å². The number of carbonyl (C=O) groups excluding carboxylic acids is 1. The summed E-state index contributed by atoms with van der Waals surface area (Å²) in [6.07, 6.45) is 0.783. The Labute approximate surface area is 103 Å². The molecule has 0 saturated carbocycles. The van der Waals surface area contributed by atoms with Gasteiger partial charge in [0.1, 0.15) is 0 Å². The van der Waals surface area contributed by atoms with Crippen molar-refractivity contribution < 1.29 is 9.53 Å². The molecule has 0 saturated heterocycles. The highest BCUT2D eigenvalue weighted by Gasteiger charge is 2.07. The number of ether oxygens (including phenoxy) is 1. The number of rotatable bonds is 7. The van der Waals surface area contributed by atoms with Gasteiger partial charge in [0.25, 0.3) is 0 Å². The van der Waals surface area contributed by atoms with Gasteiger partial charge in [-0.15, -0.1) is 0 Å². The summed E-state index contributed by atoms with van der Waals surface area (Å²) in [6.45, 7) is 6.70. The lowest BCUT2D eigenvalue weighted by atomic mass is 10.2. The average molecular weight is 235 g/mol. The fourth-order valence-corrected chi connectivity index (χ4v) is 1.60. The van der Waals surface area contributed by atoms with Crippen molar-refractivity contribution in [3.05, 3.63) is 35.9 Å². The lowest BCUT2D eigenvalue weighted by Gasteiger charge is -2.16. The molecule has 0 fully saturated rings. The Balaban J connectivity index is 2.20. The summed E-state index contributed by atoms with van der Waals surface area (Å²) in [5.41, 5.74) is 1.20. The molecule has 0 aliphatic heterocycles. The van der Waals surface area contributed by atoms with E-state index >= 15 is 0 Å². The van der Waals surface area contributed by atoms with Gasteiger partial charge in [-0.25, -0.2) is 0 Å². The highest BCUT2D eigenvalue weighted by Crippen LogP contribution is 2.00. The number of nitrogens with zero attached hydrogens (tertiary/aromatic N) is 1. The van der Waals surface area contributed by atoms with Crippen molar-refractivity contribution in [3.63, 3.8) is 0 Å². The number of esters is 1. The first kappa shape index (κ1) is 13.7. The Morgan fingerprint density at radius 2 is 1.82 bits per heavy atom. The van der Waals surface area contributed by atoms with Crippen molar-refractivity contribution in [1.29, 1.82) is 0 Å². The van der Waals surface area contributed by atoms with Gasteiger partial charge in [0.2, 0.25) is 0 Å². The minimum atomic E-state index is -0.135. The van der Waals surface area contributed by atoms with Gasteiger partial charge >= 0.3 is 5.97 Å². The van der Waals surface area contributed by atoms with Crippen molar-refractivity contribution in [1.82, 2.24) is 4.90 Å². The first-order valence-corrected chi connectivity index (χ1v) is 6.18. The molecule has 1 aromatic carbocycles. The van der Waals surface area contributed by atoms with Crippen LogP contribution in [0.15, 0.2) is 30.3 Å². The molecule has 0 aromatic heterocycles. The third kappa shape index (κ3) is 5.50. The number of carbonyl (C=O) groups is 1. The van der Waals surface area contributed by atoms with Gasteiger partial charge in [-0.3, -0.25) is 9.69 Å². The van der Waals surface area contributed by atoms with E-state index in [1.807, 2.05) is 49.1 Å². The Hall–Kier alpha value is -1.35. The summed E-state index contributed by atoms with van der Waals surface area (Å²) >= 11 is 0. The van der Waals surface area contributed by atoms with Crippen LogP contribution in [0.25, 0.3) is 0 Å². The highest BCUT2D eigenvalue weighted by molar-refractivity contribution is 5.71. The fraction of sp³-hybridized carbons (Fsp3) is 0.500. The van der Waals surface area contributed by atoms with E-state index in [2.05, 4.69) is 0 Å². The van der Waals surface area contributed by atoms with Crippen LogP contribution in [0.5, 0.6) is 0 Å². The lowest BCUT2D eigenvalue weighted by molar-refractivity contribution is -0.144. The second-order valence-corrected chi connectivity index (χ2v) is 3.92. The first-order chi connectivity index (χ1) is 8.26. The van der Waals surface area contributed by atoms with Gasteiger partial charge in [0, 0.05) is 6.42 Å². The summed E-state index contributed by atoms with van der Waals surface area (Å²) in [5.74, 6) is -0.135. The van der Waals surface area contributed by atoms with Crippen LogP contribution in [0, 0.1) is 0 Å². The smallest absolute Gasteiger partial charge is 0.320 e. The van der Waals surface area contributed by atoms with Crippen molar-refractivity contribution in [2.45, 2.75) is 20.3 Å². The van der Waals surface area contributed by atoms with E-state index < -0.39 is 0 Å². The van der Waals surface area contributed by atoms with Crippen LogP contribution >= 0.6 is 0 Å². The Morgan fingerprint density at radius 1 is 1.18 bits per heavy atom. The zero-order chi connectivity index (χ0) is 12.5. The molecule has 3 heteroatoms. The molecule has 0 amide bonds. The first-order valence-electron chi connectivity index (χ1n) is 6.18. The molecule has 0 heterocycles. The van der Waals surface area contributed by atoms with Crippen molar-refractivity contribution in [2.75, 3.05) is 26.2 Å². The van der Waals surface area contributed by atoms with E-state index in [1.54, 1.807) is 0 Å². The molecule has 0 spiro atoms. The van der Waals surface area contributed by atoms with Crippen molar-refractivity contribution >= 4 is 5.97 Å². The predicted molar refractivity (Wildman–Crippen MR) is 68.9 cm³/mol. The van der Waals surface area contributed by atoms with Gasteiger partial charge in [-0.05, 0) is 18.7 Å². The summed E-state index contributed by atoms with van der Waals surface area (Å²) in [7, 11) is 0. The zero-order valence-electron chi connectivity index (χ0n) is 10.7. The quantitative estimate of drug-likeness (QED) is 0.678. The monoisotopic (exact) mass is 235 g/mol. The molecule has 3 nitrogen and oxygen atoms in total. The van der Waals surface area contributed by atoms with Crippen LogP contribution in [0.2, 0.25) is 0 Å². The van der Waals surface area contributed by atoms with Crippen LogP contribution in [-0.4, -0.2) is 37.1 Å². The molecule has 0 unspecified atom stereocenters. The summed E-state index contributed by atoms with van der Waals surface area (Å²) in [4.78, 5) is 13.5. The van der Waals surface area contributed by atoms with Crippen LogP contribution in [0.4, 0.5) is 0 Å². The van der Waals surface area contributed by atoms with E-state index in [-0.39, 0.29) is 5.97 Å². The fourth-order valence-electron chi connectivity index (χ4n) is 1.60. The third-order valence-corrected chi connectivity index (χ3v) is 2.74. The molecule has 0 N–H and O–H groups in total. The van der Waals surface area contributed by atoms with E-state index in [9.17, 15) is 4.79 Å². The van der Waals surface area contributed by atoms with Crippen LogP contribution in [-0.2, 0) is 16.0 Å². The summed E-state index contributed by atoms with van der Waals surface area (Å²) in [5, 5.41) is 0. The minimum Gasteiger partial charge on any atom is -0.464 e. The molecule has 0 aliphatic rings. The lowest BCUT2D eigenvalue weighted by Crippen LogP contribution is -2.30. The second-order valence-electron chi connectivity index (χ2n) is 3.92. The predicted octanol–water partition coefficient (Wildman–Crippen LogP) is 2.11. The van der Waals surface area contributed by atoms with Crippen molar-refractivity contribution in [2.24, 2.45) is 0 Å². The highest BCUT2D eigenvalue weighted by atomic mass is 16.5. The zero-order valence-corrected chi connectivity index (χ0v) is 10.7. The second kappa shape index (κ2) is 7.85. The molecule has 0 atom stereocenters. The third-order valence-electron chi connectivity index (χ3n) is 2.74. The maximum Gasteiger partial charge on any atom is 0.320 e. The van der Waals surface area contributed by atoms with Gasteiger partial charge in [-0.1, -0.05) is 44.2 Å². The number of hydrogen-bond donors (Lipinski definition) is 0. The Bertz CT molecular complexity index is 320. The van der Waals surface area contributed by atoms with Gasteiger partial charge in [0.15, 0.2) is 0 Å². The molecule has 94 valence electrons. The Kier molecular flexibility index (Phi) is 6.33. The number of likely N-dealkylation sites (N-methyl/N-ethyl adjacent to an activating group) is 1. The summed E-state index contributed by atoms with van der Waals surface area (Å²) < 4.78 is 5.20. The SMILES string of the molecule is CCN(CC)CC(=O)OCCc1ccccc1. The molecule has 1 rings (SSSR count). The largest absolute Gasteiger partial charge is 0.464 e. The van der Waals surface area contributed by atoms with Crippen LogP contribution < -0.4 is 0 Å². The number of hydrogen-bond acceptors (Lipinski definition) is 3. The molecule has 1 aromatic rings. The summed E-state index contributed by atoms with van der Waals surface area (Å²) in [6, 6.07) is 10.0. The van der Waals surface area contributed by atoms with E-state index in [1.165, 1.54) is 5.56 Å². The maximum absolute atomic E-state index is 11.5. The number of benzene rings is 1. The average Bonchev–Trinajstić information content (AvgIpc) is 2.37. The van der Waals surface area contributed by atoms with E-state index in [4.69, 9.17) is 4.74 Å². The Morgan fingerprint density at radius 3 is 2.41 bits per heavy atom. The molecular weight excluding hydrogens is 214 g/mol.